The van der Waals surface area contributed by atoms with Crippen LogP contribution < -0.4 is 5.32 Å². The van der Waals surface area contributed by atoms with Crippen molar-refractivity contribution < 1.29 is 18.4 Å². The van der Waals surface area contributed by atoms with Crippen molar-refractivity contribution in [1.82, 2.24) is 10.2 Å². The molecule has 0 aromatic rings. The minimum Gasteiger partial charge on any atom is -0.345 e. The van der Waals surface area contributed by atoms with Crippen LogP contribution in [0.25, 0.3) is 0 Å². The molecule has 1 aliphatic rings. The van der Waals surface area contributed by atoms with Crippen LogP contribution in [0.5, 0.6) is 0 Å². The Bertz CT molecular complexity index is 398. The van der Waals surface area contributed by atoms with Gasteiger partial charge in [-0.15, -0.1) is 0 Å². The molecule has 0 aromatic heterocycles. The molecule has 1 rings (SSSR count). The standard InChI is InChI=1S/C12H19F2N3O2/c1-4-10(18)16-8(3)11(19)17-6-12(13,14)5-9(17)7(2)15/h8-9,15H,4-6H2,1-3H3,(H,16,18). The van der Waals surface area contributed by atoms with Gasteiger partial charge in [0.1, 0.15) is 6.04 Å². The highest BCUT2D eigenvalue weighted by Gasteiger charge is 2.48. The first kappa shape index (κ1) is 15.5. The predicted octanol–water partition coefficient (Wildman–Crippen LogP) is 1.18. The zero-order valence-corrected chi connectivity index (χ0v) is 11.3. The van der Waals surface area contributed by atoms with Gasteiger partial charge in [-0.05, 0) is 13.8 Å². The molecular formula is C12H19F2N3O2. The summed E-state index contributed by atoms with van der Waals surface area (Å²) in [7, 11) is 0. The second-order valence-corrected chi connectivity index (χ2v) is 4.87. The molecule has 1 saturated heterocycles. The van der Waals surface area contributed by atoms with Gasteiger partial charge in [0, 0.05) is 18.6 Å². The second kappa shape index (κ2) is 5.63. The van der Waals surface area contributed by atoms with Crippen LogP contribution in [0.3, 0.4) is 0 Å². The largest absolute Gasteiger partial charge is 0.345 e. The molecule has 2 N–H and O–H groups in total. The maximum Gasteiger partial charge on any atom is 0.267 e. The lowest BCUT2D eigenvalue weighted by Gasteiger charge is -2.26. The molecule has 7 heteroatoms. The monoisotopic (exact) mass is 275 g/mol. The summed E-state index contributed by atoms with van der Waals surface area (Å²) in [4.78, 5) is 24.3. The molecule has 19 heavy (non-hydrogen) atoms. The van der Waals surface area contributed by atoms with Gasteiger partial charge in [0.05, 0.1) is 12.6 Å². The summed E-state index contributed by atoms with van der Waals surface area (Å²) in [5.74, 6) is -3.86. The first-order valence-electron chi connectivity index (χ1n) is 6.20. The number of nitrogens with zero attached hydrogens (tertiary/aromatic N) is 1. The van der Waals surface area contributed by atoms with Gasteiger partial charge in [0.15, 0.2) is 0 Å². The second-order valence-electron chi connectivity index (χ2n) is 4.87. The van der Waals surface area contributed by atoms with E-state index in [-0.39, 0.29) is 18.0 Å². The third-order valence-corrected chi connectivity index (χ3v) is 3.12. The lowest BCUT2D eigenvalue weighted by Crippen LogP contribution is -2.50. The van der Waals surface area contributed by atoms with Crippen LogP contribution in [0.1, 0.15) is 33.6 Å². The number of hydrogen-bond acceptors (Lipinski definition) is 3. The topological polar surface area (TPSA) is 73.3 Å². The van der Waals surface area contributed by atoms with Crippen LogP contribution in [0.15, 0.2) is 0 Å². The average Bonchev–Trinajstić information content (AvgIpc) is 2.64. The van der Waals surface area contributed by atoms with E-state index in [0.29, 0.717) is 0 Å². The van der Waals surface area contributed by atoms with Gasteiger partial charge in [-0.3, -0.25) is 9.59 Å². The Balaban J connectivity index is 2.79. The average molecular weight is 275 g/mol. The molecule has 0 radical (unpaired) electrons. The maximum atomic E-state index is 13.4. The van der Waals surface area contributed by atoms with E-state index < -0.39 is 36.9 Å². The van der Waals surface area contributed by atoms with E-state index in [9.17, 15) is 18.4 Å². The Hall–Kier alpha value is -1.53. The Kier molecular flexibility index (Phi) is 4.60. The summed E-state index contributed by atoms with van der Waals surface area (Å²) in [5.41, 5.74) is 0.0274. The van der Waals surface area contributed by atoms with Crippen molar-refractivity contribution in [2.45, 2.75) is 51.6 Å². The Morgan fingerprint density at radius 1 is 1.53 bits per heavy atom. The zero-order chi connectivity index (χ0) is 14.8. The Morgan fingerprint density at radius 3 is 2.58 bits per heavy atom. The van der Waals surface area contributed by atoms with Crippen LogP contribution in [0.4, 0.5) is 8.78 Å². The minimum absolute atomic E-state index is 0.0274. The molecule has 108 valence electrons. The van der Waals surface area contributed by atoms with Crippen molar-refractivity contribution in [3.8, 4) is 0 Å². The lowest BCUT2D eigenvalue weighted by atomic mass is 10.1. The van der Waals surface area contributed by atoms with Gasteiger partial charge < -0.3 is 15.6 Å². The van der Waals surface area contributed by atoms with Crippen LogP contribution in [0, 0.1) is 5.41 Å². The summed E-state index contributed by atoms with van der Waals surface area (Å²) in [5, 5.41) is 9.94. The molecule has 0 spiro atoms. The summed E-state index contributed by atoms with van der Waals surface area (Å²) in [6, 6.07) is -1.74. The van der Waals surface area contributed by atoms with Crippen molar-refractivity contribution in [1.29, 1.82) is 5.41 Å². The normalized spacial score (nSPS) is 23.0. The van der Waals surface area contributed by atoms with Crippen molar-refractivity contribution in [3.05, 3.63) is 0 Å². The molecule has 2 amide bonds. The van der Waals surface area contributed by atoms with Crippen molar-refractivity contribution in [2.75, 3.05) is 6.54 Å². The van der Waals surface area contributed by atoms with Crippen molar-refractivity contribution >= 4 is 17.5 Å². The van der Waals surface area contributed by atoms with Crippen LogP contribution in [0.2, 0.25) is 0 Å². The highest BCUT2D eigenvalue weighted by molar-refractivity contribution is 5.93. The molecule has 0 saturated carbocycles. The molecule has 0 aliphatic carbocycles. The van der Waals surface area contributed by atoms with E-state index in [0.717, 1.165) is 4.90 Å². The molecule has 5 nitrogen and oxygen atoms in total. The van der Waals surface area contributed by atoms with Gasteiger partial charge in [-0.25, -0.2) is 8.78 Å². The smallest absolute Gasteiger partial charge is 0.267 e. The number of carbonyl (C=O) groups is 2. The van der Waals surface area contributed by atoms with Crippen LogP contribution >= 0.6 is 0 Å². The predicted molar refractivity (Wildman–Crippen MR) is 66.4 cm³/mol. The van der Waals surface area contributed by atoms with E-state index in [1.807, 2.05) is 0 Å². The number of rotatable bonds is 4. The molecular weight excluding hydrogens is 256 g/mol. The molecule has 1 aliphatic heterocycles. The zero-order valence-electron chi connectivity index (χ0n) is 11.3. The van der Waals surface area contributed by atoms with E-state index in [4.69, 9.17) is 5.41 Å². The fraction of sp³-hybridized carbons (Fsp3) is 0.750. The van der Waals surface area contributed by atoms with Gasteiger partial charge in [-0.1, -0.05) is 6.92 Å². The molecule has 2 unspecified atom stereocenters. The van der Waals surface area contributed by atoms with Gasteiger partial charge in [0.25, 0.3) is 5.92 Å². The quantitative estimate of drug-likeness (QED) is 0.756. The lowest BCUT2D eigenvalue weighted by molar-refractivity contribution is -0.136. The molecule has 2 atom stereocenters. The minimum atomic E-state index is -2.98. The van der Waals surface area contributed by atoms with E-state index >= 15 is 0 Å². The van der Waals surface area contributed by atoms with Gasteiger partial charge in [0.2, 0.25) is 11.8 Å². The number of alkyl halides is 2. The number of carbonyl (C=O) groups excluding carboxylic acids is 2. The number of hydrogen-bond donors (Lipinski definition) is 2. The number of likely N-dealkylation sites (tertiary alicyclic amines) is 1. The molecule has 1 fully saturated rings. The summed E-state index contributed by atoms with van der Waals surface area (Å²) in [6.45, 7) is 3.81. The highest BCUT2D eigenvalue weighted by Crippen LogP contribution is 2.32. The first-order valence-corrected chi connectivity index (χ1v) is 6.20. The number of nitrogens with one attached hydrogen (secondary N) is 2. The maximum absolute atomic E-state index is 13.4. The fourth-order valence-corrected chi connectivity index (χ4v) is 2.09. The molecule has 0 aromatic carbocycles. The summed E-state index contributed by atoms with van der Waals surface area (Å²) in [6.07, 6.45) is -0.302. The van der Waals surface area contributed by atoms with E-state index in [1.165, 1.54) is 13.8 Å². The number of amides is 2. The Labute approximate surface area is 110 Å². The number of halogens is 2. The van der Waals surface area contributed by atoms with Gasteiger partial charge >= 0.3 is 0 Å². The molecule has 0 bridgehead atoms. The Morgan fingerprint density at radius 2 is 2.11 bits per heavy atom. The van der Waals surface area contributed by atoms with Crippen molar-refractivity contribution in [3.63, 3.8) is 0 Å². The third kappa shape index (κ3) is 3.71. The first-order chi connectivity index (χ1) is 8.68. The van der Waals surface area contributed by atoms with Gasteiger partial charge in [-0.2, -0.15) is 0 Å². The van der Waals surface area contributed by atoms with Crippen LogP contribution in [-0.4, -0.2) is 47.0 Å². The highest BCUT2D eigenvalue weighted by atomic mass is 19.3. The molecule has 1 heterocycles. The van der Waals surface area contributed by atoms with Crippen LogP contribution in [-0.2, 0) is 9.59 Å². The third-order valence-electron chi connectivity index (χ3n) is 3.12. The SMILES string of the molecule is CCC(=O)NC(C)C(=O)N1CC(F)(F)CC1C(C)=N. The fourth-order valence-electron chi connectivity index (χ4n) is 2.09. The van der Waals surface area contributed by atoms with E-state index in [2.05, 4.69) is 5.32 Å². The summed E-state index contributed by atoms with van der Waals surface area (Å²) < 4.78 is 26.8. The van der Waals surface area contributed by atoms with E-state index in [1.54, 1.807) is 6.92 Å². The summed E-state index contributed by atoms with van der Waals surface area (Å²) >= 11 is 0. The van der Waals surface area contributed by atoms with Crippen molar-refractivity contribution in [2.24, 2.45) is 0 Å².